The van der Waals surface area contributed by atoms with Gasteiger partial charge in [0.2, 0.25) is 0 Å². The summed E-state index contributed by atoms with van der Waals surface area (Å²) in [6.07, 6.45) is 9.13. The third-order valence-electron chi connectivity index (χ3n) is 7.80. The summed E-state index contributed by atoms with van der Waals surface area (Å²) in [6.45, 7) is 18.4. The molecule has 2 aromatic carbocycles. The molecule has 0 saturated heterocycles. The highest BCUT2D eigenvalue weighted by Crippen LogP contribution is 2.10. The molecule has 2 heterocycles. The molecule has 0 fully saturated rings. The maximum Gasteiger partial charge on any atom is 0.126 e. The largest absolute Gasteiger partial charge is 0.269 e. The monoisotopic (exact) mass is 456 g/mol. The maximum atomic E-state index is 2.49. The number of hydrogen-bond acceptors (Lipinski definition) is 0. The molecule has 0 spiro atoms. The lowest BCUT2D eigenvalue weighted by atomic mass is 9.61. The van der Waals surface area contributed by atoms with Gasteiger partial charge in [-0.25, -0.2) is 0 Å². The Bertz CT molecular complexity index is 1140. The van der Waals surface area contributed by atoms with E-state index in [1.165, 1.54) is 22.2 Å². The molecular weight excluding hydrogens is 414 g/mol. The summed E-state index contributed by atoms with van der Waals surface area (Å²) in [5.41, 5.74) is 6.14. The van der Waals surface area contributed by atoms with Gasteiger partial charge in [0, 0.05) is 0 Å². The van der Waals surface area contributed by atoms with Crippen LogP contribution in [-0.2, 0) is 0 Å². The molecule has 0 unspecified atom stereocenters. The van der Waals surface area contributed by atoms with Crippen molar-refractivity contribution in [3.63, 3.8) is 0 Å². The van der Waals surface area contributed by atoms with E-state index in [9.17, 15) is 0 Å². The molecule has 4 nitrogen and oxygen atoms in total. The SMILES string of the molecule is CC(C)n1cc[n+](C(C)C)c1[BH2-]c1cccc2cccc([BH2-]c3n(C(C)C)cc[n+]3C(C)C)c12. The fourth-order valence-electron chi connectivity index (χ4n) is 6.33. The van der Waals surface area contributed by atoms with Crippen LogP contribution in [0.15, 0.2) is 61.2 Å². The molecule has 0 atom stereocenters. The average Bonchev–Trinajstić information content (AvgIpc) is 3.38. The second-order valence-corrected chi connectivity index (χ2v) is 11.4. The molecule has 34 heavy (non-hydrogen) atoms. The zero-order chi connectivity index (χ0) is 24.6. The Morgan fingerprint density at radius 1 is 0.618 bits per heavy atom. The number of nitrogens with zero attached hydrogens (tertiary/aromatic N) is 4. The summed E-state index contributed by atoms with van der Waals surface area (Å²) in [5.74, 6) is 0. The van der Waals surface area contributed by atoms with Gasteiger partial charge in [-0.05, 0) is 60.8 Å². The van der Waals surface area contributed by atoms with Crippen LogP contribution in [0.25, 0.3) is 10.8 Å². The van der Waals surface area contributed by atoms with Crippen LogP contribution in [0, 0.1) is 0 Å². The Hall–Kier alpha value is -2.75. The number of fused-ring (bicyclic) bond motifs is 1. The topological polar surface area (TPSA) is 17.6 Å². The minimum Gasteiger partial charge on any atom is -0.269 e. The number of rotatable bonds is 8. The third kappa shape index (κ3) is 4.60. The number of benzene rings is 2. The van der Waals surface area contributed by atoms with Gasteiger partial charge < -0.3 is 0 Å². The first kappa shape index (κ1) is 24.4. The number of hydrogen-bond donors (Lipinski definition) is 0. The lowest BCUT2D eigenvalue weighted by Gasteiger charge is -2.21. The maximum absolute atomic E-state index is 2.49. The van der Waals surface area contributed by atoms with Gasteiger partial charge >= 0.3 is 0 Å². The van der Waals surface area contributed by atoms with Gasteiger partial charge in [0.15, 0.2) is 0 Å². The van der Waals surface area contributed by atoms with Crippen molar-refractivity contribution >= 4 is 47.7 Å². The molecule has 2 aromatic heterocycles. The fraction of sp³-hybridized carbons (Fsp3) is 0.429. The predicted octanol–water partition coefficient (Wildman–Crippen LogP) is 1.58. The summed E-state index contributed by atoms with van der Waals surface area (Å²) in [5, 5.41) is 2.91. The van der Waals surface area contributed by atoms with Crippen molar-refractivity contribution in [2.45, 2.75) is 79.6 Å². The van der Waals surface area contributed by atoms with Crippen LogP contribution in [0.4, 0.5) is 0 Å². The van der Waals surface area contributed by atoms with E-state index in [0.29, 0.717) is 24.2 Å². The molecule has 0 bridgehead atoms. The Kier molecular flexibility index (Phi) is 7.06. The Labute approximate surface area is 206 Å². The third-order valence-corrected chi connectivity index (χ3v) is 7.80. The van der Waals surface area contributed by atoms with Crippen LogP contribution < -0.4 is 31.5 Å². The molecule has 180 valence electrons. The van der Waals surface area contributed by atoms with Crippen LogP contribution in [0.3, 0.4) is 0 Å². The first-order chi connectivity index (χ1) is 16.2. The minimum atomic E-state index is -0.511. The second kappa shape index (κ2) is 9.85. The van der Waals surface area contributed by atoms with Crippen molar-refractivity contribution in [3.05, 3.63) is 61.2 Å². The molecule has 0 aliphatic rings. The number of imidazole rings is 2. The summed E-state index contributed by atoms with van der Waals surface area (Å²) in [4.78, 5) is 0. The van der Waals surface area contributed by atoms with Crippen LogP contribution in [0.1, 0.15) is 79.6 Å². The van der Waals surface area contributed by atoms with Gasteiger partial charge in [-0.3, -0.25) is 18.3 Å². The van der Waals surface area contributed by atoms with E-state index in [1.807, 2.05) is 0 Å². The smallest absolute Gasteiger partial charge is 0.126 e. The molecule has 0 radical (unpaired) electrons. The standard InChI is InChI=1S/C28H42B2N4/c1-19(2)31-15-16-32(20(3)4)27(31)29-24-13-9-11-23-12-10-14-25(26(23)24)30-28-33(21(5)6)17-18-34(28)22(7)8/h9-22H,29-30H2,1-8H3. The molecule has 4 rings (SSSR count). The Balaban J connectivity index is 1.86. The van der Waals surface area contributed by atoms with E-state index in [-0.39, 0.29) is 0 Å². The molecule has 4 aromatic rings. The summed E-state index contributed by atoms with van der Waals surface area (Å²) in [6, 6.07) is 15.8. The van der Waals surface area contributed by atoms with Crippen molar-refractivity contribution in [2.24, 2.45) is 0 Å². The van der Waals surface area contributed by atoms with Gasteiger partial charge in [0.1, 0.15) is 39.3 Å². The van der Waals surface area contributed by atoms with E-state index in [1.54, 1.807) is 10.9 Å². The first-order valence-electron chi connectivity index (χ1n) is 13.5. The van der Waals surface area contributed by atoms with E-state index in [4.69, 9.17) is 0 Å². The molecule has 0 N–H and O–H groups in total. The molecule has 0 aliphatic heterocycles. The molecular formula is C28H42B2N4. The molecule has 0 amide bonds. The van der Waals surface area contributed by atoms with Crippen molar-refractivity contribution in [3.8, 4) is 0 Å². The highest BCUT2D eigenvalue weighted by molar-refractivity contribution is 6.73. The molecule has 6 heteroatoms. The molecule has 0 saturated carbocycles. The van der Waals surface area contributed by atoms with Gasteiger partial charge in [-0.2, -0.15) is 10.9 Å². The quantitative estimate of drug-likeness (QED) is 0.283. The van der Waals surface area contributed by atoms with E-state index < -0.39 is 14.6 Å². The molecule has 0 aliphatic carbocycles. The van der Waals surface area contributed by atoms with Gasteiger partial charge in [-0.1, -0.05) is 41.8 Å². The van der Waals surface area contributed by atoms with Gasteiger partial charge in [0.25, 0.3) is 0 Å². The van der Waals surface area contributed by atoms with Crippen molar-refractivity contribution in [2.75, 3.05) is 0 Å². The highest BCUT2D eigenvalue weighted by Gasteiger charge is 2.19. The predicted molar refractivity (Wildman–Crippen MR) is 150 cm³/mol. The minimum absolute atomic E-state index is 0.473. The van der Waals surface area contributed by atoms with Crippen LogP contribution >= 0.6 is 0 Å². The Morgan fingerprint density at radius 2 is 1.03 bits per heavy atom. The van der Waals surface area contributed by atoms with Crippen molar-refractivity contribution < 1.29 is 9.13 Å². The van der Waals surface area contributed by atoms with Crippen LogP contribution in [-0.4, -0.2) is 23.7 Å². The van der Waals surface area contributed by atoms with Crippen molar-refractivity contribution in [1.29, 1.82) is 0 Å². The fourth-order valence-corrected chi connectivity index (χ4v) is 6.33. The lowest BCUT2D eigenvalue weighted by molar-refractivity contribution is -0.699. The van der Waals surface area contributed by atoms with Crippen LogP contribution in [0.5, 0.6) is 0 Å². The zero-order valence-electron chi connectivity index (χ0n) is 22.9. The van der Waals surface area contributed by atoms with E-state index in [2.05, 4.69) is 135 Å². The first-order valence-corrected chi connectivity index (χ1v) is 13.5. The van der Waals surface area contributed by atoms with Gasteiger partial charge in [0.05, 0.1) is 35.6 Å². The normalized spacial score (nSPS) is 12.2. The zero-order valence-corrected chi connectivity index (χ0v) is 22.9. The highest BCUT2D eigenvalue weighted by atomic mass is 15.2. The second-order valence-electron chi connectivity index (χ2n) is 11.4. The average molecular weight is 456 g/mol. The van der Waals surface area contributed by atoms with Gasteiger partial charge in [-0.15, -0.1) is 0 Å². The van der Waals surface area contributed by atoms with Crippen LogP contribution in [0.2, 0.25) is 0 Å². The summed E-state index contributed by atoms with van der Waals surface area (Å²) < 4.78 is 9.98. The van der Waals surface area contributed by atoms with Crippen molar-refractivity contribution in [1.82, 2.24) is 9.13 Å². The number of aromatic nitrogens is 4. The Morgan fingerprint density at radius 3 is 1.38 bits per heavy atom. The lowest BCUT2D eigenvalue weighted by Crippen LogP contribution is -2.58. The van der Waals surface area contributed by atoms with E-state index >= 15 is 0 Å². The summed E-state index contributed by atoms with van der Waals surface area (Å²) >= 11 is 0. The van der Waals surface area contributed by atoms with E-state index in [0.717, 1.165) is 0 Å². The summed E-state index contributed by atoms with van der Waals surface area (Å²) in [7, 11) is -1.02.